The van der Waals surface area contributed by atoms with Gasteiger partial charge in [0.2, 0.25) is 11.8 Å². The monoisotopic (exact) mass is 324 g/mol. The second kappa shape index (κ2) is 8.13. The predicted octanol–water partition coefficient (Wildman–Crippen LogP) is 2.22. The maximum absolute atomic E-state index is 12.2. The van der Waals surface area contributed by atoms with Gasteiger partial charge in [0, 0.05) is 25.6 Å². The molecular weight excluding hydrogens is 292 g/mol. The first-order valence-corrected chi connectivity index (χ1v) is 9.17. The summed E-state index contributed by atoms with van der Waals surface area (Å²) >= 11 is 0. The Morgan fingerprint density at radius 1 is 1.17 bits per heavy atom. The minimum absolute atomic E-state index is 0.0404. The van der Waals surface area contributed by atoms with E-state index in [1.54, 1.807) is 0 Å². The second-order valence-corrected chi connectivity index (χ2v) is 7.78. The summed E-state index contributed by atoms with van der Waals surface area (Å²) in [5.74, 6) is 0.568. The van der Waals surface area contributed by atoms with Crippen molar-refractivity contribution in [3.05, 3.63) is 0 Å². The van der Waals surface area contributed by atoms with Gasteiger partial charge >= 0.3 is 0 Å². The SMILES string of the molecule is CC(C)CC(=O)N1CCC(NC(=O)CC2(O)CCCCC2)CC1. The molecule has 0 atom stereocenters. The van der Waals surface area contributed by atoms with Crippen LogP contribution in [0.2, 0.25) is 0 Å². The standard InChI is InChI=1S/C18H32N2O3/c1-14(2)12-17(22)20-10-6-15(7-11-20)19-16(21)13-18(23)8-4-3-5-9-18/h14-15,23H,3-13H2,1-2H3,(H,19,21). The quantitative estimate of drug-likeness (QED) is 0.815. The van der Waals surface area contributed by atoms with E-state index in [0.717, 1.165) is 58.0 Å². The second-order valence-electron chi connectivity index (χ2n) is 7.78. The summed E-state index contributed by atoms with van der Waals surface area (Å²) in [7, 11) is 0. The number of rotatable bonds is 5. The van der Waals surface area contributed by atoms with E-state index in [-0.39, 0.29) is 24.3 Å². The molecule has 1 heterocycles. The third kappa shape index (κ3) is 5.79. The van der Waals surface area contributed by atoms with Gasteiger partial charge in [-0.25, -0.2) is 0 Å². The third-order valence-corrected chi connectivity index (χ3v) is 5.07. The van der Waals surface area contributed by atoms with Crippen molar-refractivity contribution in [2.24, 2.45) is 5.92 Å². The number of likely N-dealkylation sites (tertiary alicyclic amines) is 1. The highest BCUT2D eigenvalue weighted by Crippen LogP contribution is 2.30. The number of hydrogen-bond acceptors (Lipinski definition) is 3. The molecule has 1 saturated carbocycles. The van der Waals surface area contributed by atoms with E-state index in [9.17, 15) is 14.7 Å². The van der Waals surface area contributed by atoms with Crippen LogP contribution in [-0.4, -0.2) is 46.6 Å². The molecule has 1 aliphatic carbocycles. The van der Waals surface area contributed by atoms with Crippen LogP contribution >= 0.6 is 0 Å². The van der Waals surface area contributed by atoms with Gasteiger partial charge in [-0.15, -0.1) is 0 Å². The molecular formula is C18H32N2O3. The van der Waals surface area contributed by atoms with E-state index in [1.165, 1.54) is 0 Å². The summed E-state index contributed by atoms with van der Waals surface area (Å²) < 4.78 is 0. The summed E-state index contributed by atoms with van der Waals surface area (Å²) in [5, 5.41) is 13.5. The predicted molar refractivity (Wildman–Crippen MR) is 89.9 cm³/mol. The Bertz CT molecular complexity index is 408. The van der Waals surface area contributed by atoms with Gasteiger partial charge < -0.3 is 15.3 Å². The Morgan fingerprint density at radius 2 is 1.78 bits per heavy atom. The van der Waals surface area contributed by atoms with Crippen LogP contribution in [0.5, 0.6) is 0 Å². The van der Waals surface area contributed by atoms with Gasteiger partial charge in [-0.05, 0) is 31.6 Å². The van der Waals surface area contributed by atoms with Gasteiger partial charge in [0.15, 0.2) is 0 Å². The topological polar surface area (TPSA) is 69.6 Å². The third-order valence-electron chi connectivity index (χ3n) is 5.07. The zero-order valence-electron chi connectivity index (χ0n) is 14.6. The first kappa shape index (κ1) is 18.2. The molecule has 2 N–H and O–H groups in total. The molecule has 132 valence electrons. The van der Waals surface area contributed by atoms with Crippen LogP contribution in [-0.2, 0) is 9.59 Å². The Kier molecular flexibility index (Phi) is 6.45. The van der Waals surface area contributed by atoms with E-state index in [4.69, 9.17) is 0 Å². The molecule has 5 nitrogen and oxygen atoms in total. The lowest BCUT2D eigenvalue weighted by Crippen LogP contribution is -2.48. The fourth-order valence-electron chi connectivity index (χ4n) is 3.72. The smallest absolute Gasteiger partial charge is 0.223 e. The largest absolute Gasteiger partial charge is 0.389 e. The zero-order chi connectivity index (χ0) is 16.9. The molecule has 2 aliphatic rings. The van der Waals surface area contributed by atoms with Crippen molar-refractivity contribution in [3.8, 4) is 0 Å². The van der Waals surface area contributed by atoms with Gasteiger partial charge in [-0.2, -0.15) is 0 Å². The maximum atomic E-state index is 12.2. The van der Waals surface area contributed by atoms with Crippen molar-refractivity contribution in [1.29, 1.82) is 0 Å². The average molecular weight is 324 g/mol. The first-order chi connectivity index (χ1) is 10.9. The lowest BCUT2D eigenvalue weighted by molar-refractivity contribution is -0.133. The normalized spacial score (nSPS) is 22.2. The molecule has 0 aromatic heterocycles. The van der Waals surface area contributed by atoms with Crippen LogP contribution in [0.3, 0.4) is 0 Å². The fourth-order valence-corrected chi connectivity index (χ4v) is 3.72. The number of piperidine rings is 1. The highest BCUT2D eigenvalue weighted by molar-refractivity contribution is 5.78. The molecule has 0 radical (unpaired) electrons. The molecule has 23 heavy (non-hydrogen) atoms. The van der Waals surface area contributed by atoms with Crippen LogP contribution in [0, 0.1) is 5.92 Å². The van der Waals surface area contributed by atoms with Crippen molar-refractivity contribution < 1.29 is 14.7 Å². The maximum Gasteiger partial charge on any atom is 0.223 e. The average Bonchev–Trinajstić information content (AvgIpc) is 2.47. The van der Waals surface area contributed by atoms with Gasteiger partial charge in [-0.1, -0.05) is 33.1 Å². The number of hydrogen-bond donors (Lipinski definition) is 2. The Balaban J connectivity index is 1.71. The molecule has 0 bridgehead atoms. The molecule has 5 heteroatoms. The summed E-state index contributed by atoms with van der Waals surface area (Å²) in [6.07, 6.45) is 7.11. The minimum atomic E-state index is -0.795. The lowest BCUT2D eigenvalue weighted by Gasteiger charge is -2.35. The summed E-state index contributed by atoms with van der Waals surface area (Å²) in [6.45, 7) is 5.56. The van der Waals surface area contributed by atoms with Crippen molar-refractivity contribution in [2.45, 2.75) is 83.3 Å². The number of nitrogens with zero attached hydrogens (tertiary/aromatic N) is 1. The van der Waals surface area contributed by atoms with E-state index in [2.05, 4.69) is 19.2 Å². The molecule has 2 fully saturated rings. The van der Waals surface area contributed by atoms with Crippen LogP contribution in [0.4, 0.5) is 0 Å². The summed E-state index contributed by atoms with van der Waals surface area (Å²) in [5.41, 5.74) is -0.795. The van der Waals surface area contributed by atoms with Crippen LogP contribution in [0.25, 0.3) is 0 Å². The molecule has 0 aromatic rings. The Labute approximate surface area is 139 Å². The van der Waals surface area contributed by atoms with Crippen molar-refractivity contribution in [1.82, 2.24) is 10.2 Å². The fraction of sp³-hybridized carbons (Fsp3) is 0.889. The van der Waals surface area contributed by atoms with E-state index in [0.29, 0.717) is 12.3 Å². The summed E-state index contributed by atoms with van der Waals surface area (Å²) in [4.78, 5) is 26.2. The number of aliphatic hydroxyl groups is 1. The van der Waals surface area contributed by atoms with Crippen LogP contribution in [0.15, 0.2) is 0 Å². The Morgan fingerprint density at radius 3 is 2.35 bits per heavy atom. The van der Waals surface area contributed by atoms with Crippen molar-refractivity contribution >= 4 is 11.8 Å². The summed E-state index contributed by atoms with van der Waals surface area (Å²) in [6, 6.07) is 0.137. The number of carbonyl (C=O) groups excluding carboxylic acids is 2. The molecule has 2 rings (SSSR count). The Hall–Kier alpha value is -1.10. The number of nitrogens with one attached hydrogen (secondary N) is 1. The van der Waals surface area contributed by atoms with Crippen LogP contribution in [0.1, 0.15) is 71.6 Å². The zero-order valence-corrected chi connectivity index (χ0v) is 14.6. The van der Waals surface area contributed by atoms with Gasteiger partial charge in [-0.3, -0.25) is 9.59 Å². The van der Waals surface area contributed by atoms with Crippen molar-refractivity contribution in [2.75, 3.05) is 13.1 Å². The van der Waals surface area contributed by atoms with Crippen LogP contribution < -0.4 is 5.32 Å². The van der Waals surface area contributed by atoms with E-state index < -0.39 is 5.60 Å². The molecule has 1 saturated heterocycles. The minimum Gasteiger partial charge on any atom is -0.389 e. The van der Waals surface area contributed by atoms with Gasteiger partial charge in [0.05, 0.1) is 12.0 Å². The number of carbonyl (C=O) groups is 2. The van der Waals surface area contributed by atoms with Gasteiger partial charge in [0.1, 0.15) is 0 Å². The lowest BCUT2D eigenvalue weighted by atomic mass is 9.82. The van der Waals surface area contributed by atoms with E-state index >= 15 is 0 Å². The molecule has 0 spiro atoms. The van der Waals surface area contributed by atoms with E-state index in [1.807, 2.05) is 4.90 Å². The van der Waals surface area contributed by atoms with Gasteiger partial charge in [0.25, 0.3) is 0 Å². The molecule has 2 amide bonds. The molecule has 0 unspecified atom stereocenters. The number of amides is 2. The van der Waals surface area contributed by atoms with Crippen molar-refractivity contribution in [3.63, 3.8) is 0 Å². The highest BCUT2D eigenvalue weighted by atomic mass is 16.3. The highest BCUT2D eigenvalue weighted by Gasteiger charge is 2.32. The molecule has 1 aliphatic heterocycles. The molecule has 0 aromatic carbocycles. The first-order valence-electron chi connectivity index (χ1n) is 9.17.